The Labute approximate surface area is 120 Å². The van der Waals surface area contributed by atoms with Gasteiger partial charge in [0, 0.05) is 19.6 Å². The van der Waals surface area contributed by atoms with E-state index in [9.17, 15) is 5.11 Å². The fraction of sp³-hybridized carbons (Fsp3) is 0.786. The van der Waals surface area contributed by atoms with Gasteiger partial charge in [-0.3, -0.25) is 4.68 Å². The Balaban J connectivity index is 1.93. The number of aromatic nitrogens is 2. The van der Waals surface area contributed by atoms with Crippen LogP contribution in [0.2, 0.25) is 5.02 Å². The lowest BCUT2D eigenvalue weighted by atomic mass is 10.1. The largest absolute Gasteiger partial charge is 0.393 e. The van der Waals surface area contributed by atoms with Crippen LogP contribution in [0.1, 0.15) is 44.5 Å². The molecule has 1 heterocycles. The van der Waals surface area contributed by atoms with E-state index in [0.717, 1.165) is 61.7 Å². The van der Waals surface area contributed by atoms with Crippen LogP contribution in [0.5, 0.6) is 0 Å². The zero-order valence-corrected chi connectivity index (χ0v) is 12.6. The highest BCUT2D eigenvalue weighted by molar-refractivity contribution is 6.31. The molecule has 0 amide bonds. The number of aryl methyl sites for hydroxylation is 2. The zero-order valence-electron chi connectivity index (χ0n) is 11.8. The molecule has 0 saturated heterocycles. The molecule has 1 aromatic heterocycles. The third-order valence-electron chi connectivity index (χ3n) is 4.01. The van der Waals surface area contributed by atoms with Crippen molar-refractivity contribution in [3.8, 4) is 0 Å². The number of nitrogens with zero attached hydrogens (tertiary/aromatic N) is 2. The first-order valence-corrected chi connectivity index (χ1v) is 7.68. The minimum atomic E-state index is -0.134. The van der Waals surface area contributed by atoms with Crippen LogP contribution in [0, 0.1) is 5.92 Å². The number of hydrogen-bond acceptors (Lipinski definition) is 3. The summed E-state index contributed by atoms with van der Waals surface area (Å²) in [5.74, 6) is 0.391. The molecule has 1 aromatic rings. The average Bonchev–Trinajstić information content (AvgIpc) is 2.95. The summed E-state index contributed by atoms with van der Waals surface area (Å²) < 4.78 is 1.97. The molecule has 2 N–H and O–H groups in total. The van der Waals surface area contributed by atoms with Gasteiger partial charge in [-0.15, -0.1) is 0 Å². The van der Waals surface area contributed by atoms with E-state index in [0.29, 0.717) is 5.92 Å². The number of aliphatic hydroxyl groups excluding tert-OH is 1. The Hall–Kier alpha value is -0.580. The van der Waals surface area contributed by atoms with Crippen LogP contribution in [-0.4, -0.2) is 27.5 Å². The van der Waals surface area contributed by atoms with Gasteiger partial charge in [0.25, 0.3) is 0 Å². The molecule has 2 rings (SSSR count). The normalized spacial score (nSPS) is 23.2. The van der Waals surface area contributed by atoms with E-state index in [1.807, 2.05) is 4.68 Å². The minimum Gasteiger partial charge on any atom is -0.393 e. The molecule has 4 nitrogen and oxygen atoms in total. The number of nitrogens with one attached hydrogen (secondary N) is 1. The Morgan fingerprint density at radius 1 is 1.42 bits per heavy atom. The highest BCUT2D eigenvalue weighted by atomic mass is 35.5. The third-order valence-corrected chi connectivity index (χ3v) is 4.45. The Morgan fingerprint density at radius 2 is 2.21 bits per heavy atom. The Bertz CT molecular complexity index is 419. The summed E-state index contributed by atoms with van der Waals surface area (Å²) in [6.45, 7) is 6.56. The van der Waals surface area contributed by atoms with Crippen molar-refractivity contribution in [1.82, 2.24) is 15.1 Å². The maximum atomic E-state index is 9.80. The van der Waals surface area contributed by atoms with Gasteiger partial charge < -0.3 is 10.4 Å². The van der Waals surface area contributed by atoms with Crippen LogP contribution in [0.25, 0.3) is 0 Å². The van der Waals surface area contributed by atoms with Gasteiger partial charge in [-0.05, 0) is 32.1 Å². The second kappa shape index (κ2) is 6.73. The topological polar surface area (TPSA) is 50.1 Å². The fourth-order valence-electron chi connectivity index (χ4n) is 2.82. The maximum Gasteiger partial charge on any atom is 0.0863 e. The van der Waals surface area contributed by atoms with E-state index < -0.39 is 0 Å². The molecule has 19 heavy (non-hydrogen) atoms. The molecule has 1 aliphatic carbocycles. The van der Waals surface area contributed by atoms with E-state index in [4.69, 9.17) is 11.6 Å². The molecule has 2 unspecified atom stereocenters. The monoisotopic (exact) mass is 285 g/mol. The van der Waals surface area contributed by atoms with Gasteiger partial charge in [0.15, 0.2) is 0 Å². The predicted molar refractivity (Wildman–Crippen MR) is 77.3 cm³/mol. The number of rotatable bonds is 6. The number of hydrogen-bond donors (Lipinski definition) is 2. The Morgan fingerprint density at radius 3 is 2.79 bits per heavy atom. The molecule has 5 heteroatoms. The first-order valence-electron chi connectivity index (χ1n) is 7.30. The van der Waals surface area contributed by atoms with Crippen LogP contribution in [0.3, 0.4) is 0 Å². The van der Waals surface area contributed by atoms with E-state index in [-0.39, 0.29) is 6.10 Å². The SMILES string of the molecule is CCc1nn(CC)c(CNCC2CCCC2O)c1Cl. The highest BCUT2D eigenvalue weighted by Gasteiger charge is 2.24. The first kappa shape index (κ1) is 14.8. The fourth-order valence-corrected chi connectivity index (χ4v) is 3.15. The van der Waals surface area contributed by atoms with Gasteiger partial charge in [-0.25, -0.2) is 0 Å². The number of aliphatic hydroxyl groups is 1. The summed E-state index contributed by atoms with van der Waals surface area (Å²) in [6.07, 6.45) is 3.93. The van der Waals surface area contributed by atoms with Crippen molar-refractivity contribution < 1.29 is 5.11 Å². The average molecular weight is 286 g/mol. The Kier molecular flexibility index (Phi) is 5.25. The van der Waals surface area contributed by atoms with E-state index in [1.165, 1.54) is 0 Å². The summed E-state index contributed by atoms with van der Waals surface area (Å²) in [6, 6.07) is 0. The van der Waals surface area contributed by atoms with Gasteiger partial charge in [0.1, 0.15) is 0 Å². The summed E-state index contributed by atoms with van der Waals surface area (Å²) in [7, 11) is 0. The van der Waals surface area contributed by atoms with Crippen molar-refractivity contribution in [2.45, 2.75) is 58.7 Å². The van der Waals surface area contributed by atoms with Crippen molar-refractivity contribution >= 4 is 11.6 Å². The second-order valence-electron chi connectivity index (χ2n) is 5.27. The molecule has 0 aliphatic heterocycles. The van der Waals surface area contributed by atoms with Crippen LogP contribution in [0.15, 0.2) is 0 Å². The predicted octanol–water partition coefficient (Wildman–Crippen LogP) is 2.37. The van der Waals surface area contributed by atoms with Crippen LogP contribution < -0.4 is 5.32 Å². The van der Waals surface area contributed by atoms with Gasteiger partial charge in [-0.1, -0.05) is 24.9 Å². The highest BCUT2D eigenvalue weighted by Crippen LogP contribution is 2.25. The molecule has 1 fully saturated rings. The molecule has 2 atom stereocenters. The molecule has 1 saturated carbocycles. The first-order chi connectivity index (χ1) is 9.17. The standard InChI is InChI=1S/C14H24ClN3O/c1-3-11-14(15)12(18(4-2)17-11)9-16-8-10-6-5-7-13(10)19/h10,13,16,19H,3-9H2,1-2H3. The van der Waals surface area contributed by atoms with Gasteiger partial charge >= 0.3 is 0 Å². The second-order valence-corrected chi connectivity index (χ2v) is 5.64. The van der Waals surface area contributed by atoms with E-state index in [2.05, 4.69) is 24.3 Å². The summed E-state index contributed by atoms with van der Waals surface area (Å²) in [5, 5.41) is 18.5. The van der Waals surface area contributed by atoms with Gasteiger partial charge in [0.2, 0.25) is 0 Å². The lowest BCUT2D eigenvalue weighted by molar-refractivity contribution is 0.131. The maximum absolute atomic E-state index is 9.80. The minimum absolute atomic E-state index is 0.134. The van der Waals surface area contributed by atoms with E-state index in [1.54, 1.807) is 0 Å². The number of halogens is 1. The van der Waals surface area contributed by atoms with Gasteiger partial charge in [0.05, 0.1) is 22.5 Å². The van der Waals surface area contributed by atoms with Crippen molar-refractivity contribution in [3.05, 3.63) is 16.4 Å². The summed E-state index contributed by atoms with van der Waals surface area (Å²) in [4.78, 5) is 0. The van der Waals surface area contributed by atoms with Crippen molar-refractivity contribution in [3.63, 3.8) is 0 Å². The molecule has 0 spiro atoms. The van der Waals surface area contributed by atoms with Gasteiger partial charge in [-0.2, -0.15) is 5.10 Å². The lowest BCUT2D eigenvalue weighted by Crippen LogP contribution is -2.28. The molecular weight excluding hydrogens is 262 g/mol. The van der Waals surface area contributed by atoms with Crippen molar-refractivity contribution in [2.24, 2.45) is 5.92 Å². The van der Waals surface area contributed by atoms with Crippen LogP contribution in [0.4, 0.5) is 0 Å². The van der Waals surface area contributed by atoms with Crippen molar-refractivity contribution in [2.75, 3.05) is 6.54 Å². The third kappa shape index (κ3) is 3.30. The molecule has 108 valence electrons. The van der Waals surface area contributed by atoms with E-state index >= 15 is 0 Å². The summed E-state index contributed by atoms with van der Waals surface area (Å²) in [5.41, 5.74) is 2.04. The van der Waals surface area contributed by atoms with Crippen molar-refractivity contribution in [1.29, 1.82) is 0 Å². The quantitative estimate of drug-likeness (QED) is 0.844. The summed E-state index contributed by atoms with van der Waals surface area (Å²) >= 11 is 6.36. The van der Waals surface area contributed by atoms with Crippen LogP contribution in [-0.2, 0) is 19.5 Å². The molecule has 0 aromatic carbocycles. The lowest BCUT2D eigenvalue weighted by Gasteiger charge is -2.15. The zero-order chi connectivity index (χ0) is 13.8. The molecule has 1 aliphatic rings. The molecular formula is C14H24ClN3O. The van der Waals surface area contributed by atoms with Crippen LogP contribution >= 0.6 is 11.6 Å². The molecule has 0 bridgehead atoms. The molecule has 0 radical (unpaired) electrons. The smallest absolute Gasteiger partial charge is 0.0863 e.